The van der Waals surface area contributed by atoms with Gasteiger partial charge in [-0.15, -0.1) is 0 Å². The second-order valence-corrected chi connectivity index (χ2v) is 5.31. The summed E-state index contributed by atoms with van der Waals surface area (Å²) in [6.45, 7) is 4.73. The van der Waals surface area contributed by atoms with Crippen molar-refractivity contribution >= 4 is 11.5 Å². The molecule has 0 spiro atoms. The molecule has 0 amide bonds. The zero-order valence-electron chi connectivity index (χ0n) is 10.8. The average Bonchev–Trinajstić information content (AvgIpc) is 2.79. The first kappa shape index (κ1) is 12.2. The molecular formula is C12H17N5O2. The number of ether oxygens (including phenoxy) is 1. The summed E-state index contributed by atoms with van der Waals surface area (Å²) in [6.07, 6.45) is 3.57. The van der Waals surface area contributed by atoms with Crippen molar-refractivity contribution < 1.29 is 4.74 Å². The van der Waals surface area contributed by atoms with Crippen molar-refractivity contribution in [1.82, 2.24) is 19.6 Å². The number of hydrogen-bond acceptors (Lipinski definition) is 5. The normalized spacial score (nSPS) is 18.6. The number of hydrogen-bond donors (Lipinski definition) is 2. The van der Waals surface area contributed by atoms with Crippen LogP contribution in [0.1, 0.15) is 19.8 Å². The molecule has 2 aromatic rings. The van der Waals surface area contributed by atoms with Gasteiger partial charge in [-0.05, 0) is 18.3 Å². The lowest BCUT2D eigenvalue weighted by Gasteiger charge is -2.33. The Bertz CT molecular complexity index is 626. The van der Waals surface area contributed by atoms with E-state index in [0.29, 0.717) is 5.65 Å². The topological polar surface area (TPSA) is 84.3 Å². The Labute approximate surface area is 110 Å². The van der Waals surface area contributed by atoms with Gasteiger partial charge in [-0.2, -0.15) is 5.10 Å². The number of H-pyrrole nitrogens is 1. The Morgan fingerprint density at radius 2 is 2.32 bits per heavy atom. The van der Waals surface area contributed by atoms with Gasteiger partial charge < -0.3 is 10.1 Å². The van der Waals surface area contributed by atoms with E-state index in [4.69, 9.17) is 4.74 Å². The number of aromatic nitrogens is 4. The van der Waals surface area contributed by atoms with Gasteiger partial charge in [0.05, 0.1) is 0 Å². The number of anilines is 1. The first-order valence-corrected chi connectivity index (χ1v) is 6.41. The van der Waals surface area contributed by atoms with Crippen LogP contribution in [0.3, 0.4) is 0 Å². The van der Waals surface area contributed by atoms with Crippen molar-refractivity contribution in [3.63, 3.8) is 0 Å². The zero-order chi connectivity index (χ0) is 13.3. The fourth-order valence-corrected chi connectivity index (χ4v) is 2.25. The molecule has 0 unspecified atom stereocenters. The van der Waals surface area contributed by atoms with E-state index in [1.54, 1.807) is 6.07 Å². The van der Waals surface area contributed by atoms with Crippen LogP contribution in [0.25, 0.3) is 5.65 Å². The van der Waals surface area contributed by atoms with Crippen molar-refractivity contribution in [2.75, 3.05) is 25.1 Å². The molecule has 7 nitrogen and oxygen atoms in total. The van der Waals surface area contributed by atoms with Crippen LogP contribution < -0.4 is 11.0 Å². The van der Waals surface area contributed by atoms with Crippen LogP contribution in [0, 0.1) is 5.41 Å². The highest BCUT2D eigenvalue weighted by Crippen LogP contribution is 2.29. The van der Waals surface area contributed by atoms with E-state index in [-0.39, 0.29) is 11.1 Å². The molecule has 0 radical (unpaired) electrons. The summed E-state index contributed by atoms with van der Waals surface area (Å²) < 4.78 is 6.76. The van der Waals surface area contributed by atoms with Gasteiger partial charge in [-0.3, -0.25) is 0 Å². The van der Waals surface area contributed by atoms with Gasteiger partial charge in [0.2, 0.25) is 0 Å². The third-order valence-electron chi connectivity index (χ3n) is 3.71. The van der Waals surface area contributed by atoms with Crippen LogP contribution in [-0.4, -0.2) is 39.3 Å². The number of aromatic amines is 1. The van der Waals surface area contributed by atoms with E-state index in [2.05, 4.69) is 27.4 Å². The molecule has 2 aromatic heterocycles. The van der Waals surface area contributed by atoms with Crippen LogP contribution >= 0.6 is 0 Å². The molecular weight excluding hydrogens is 246 g/mol. The first-order chi connectivity index (χ1) is 9.16. The molecule has 3 heterocycles. The van der Waals surface area contributed by atoms with Crippen molar-refractivity contribution in [1.29, 1.82) is 0 Å². The number of nitrogens with one attached hydrogen (secondary N) is 2. The van der Waals surface area contributed by atoms with Gasteiger partial charge in [0, 0.05) is 25.8 Å². The average molecular weight is 263 g/mol. The molecule has 2 N–H and O–H groups in total. The Morgan fingerprint density at radius 1 is 1.53 bits per heavy atom. The minimum atomic E-state index is -0.273. The molecule has 7 heteroatoms. The highest BCUT2D eigenvalue weighted by Gasteiger charge is 2.27. The molecule has 0 saturated carbocycles. The van der Waals surface area contributed by atoms with Crippen LogP contribution in [0.4, 0.5) is 5.82 Å². The van der Waals surface area contributed by atoms with Crippen LogP contribution in [0.5, 0.6) is 0 Å². The summed E-state index contributed by atoms with van der Waals surface area (Å²) in [7, 11) is 0. The lowest BCUT2D eigenvalue weighted by molar-refractivity contribution is 0.0300. The Kier molecular flexibility index (Phi) is 2.98. The van der Waals surface area contributed by atoms with Gasteiger partial charge in [-0.25, -0.2) is 19.3 Å². The van der Waals surface area contributed by atoms with Crippen molar-refractivity contribution in [3.8, 4) is 0 Å². The summed E-state index contributed by atoms with van der Waals surface area (Å²) in [5.74, 6) is 0.735. The predicted molar refractivity (Wildman–Crippen MR) is 70.3 cm³/mol. The highest BCUT2D eigenvalue weighted by atomic mass is 16.5. The second kappa shape index (κ2) is 4.65. The fourth-order valence-electron chi connectivity index (χ4n) is 2.25. The minimum Gasteiger partial charge on any atom is -0.381 e. The third-order valence-corrected chi connectivity index (χ3v) is 3.71. The van der Waals surface area contributed by atoms with Gasteiger partial charge in [0.15, 0.2) is 5.65 Å². The van der Waals surface area contributed by atoms with Crippen LogP contribution in [-0.2, 0) is 4.74 Å². The van der Waals surface area contributed by atoms with Crippen molar-refractivity contribution in [2.45, 2.75) is 19.8 Å². The molecule has 102 valence electrons. The molecule has 1 aliphatic heterocycles. The van der Waals surface area contributed by atoms with Gasteiger partial charge in [0.1, 0.15) is 12.1 Å². The number of fused-ring (bicyclic) bond motifs is 1. The van der Waals surface area contributed by atoms with E-state index >= 15 is 0 Å². The largest absolute Gasteiger partial charge is 0.381 e. The molecule has 0 bridgehead atoms. The van der Waals surface area contributed by atoms with E-state index in [1.165, 1.54) is 10.7 Å². The van der Waals surface area contributed by atoms with Crippen LogP contribution in [0.15, 0.2) is 17.2 Å². The molecule has 0 aliphatic carbocycles. The predicted octanol–water partition coefficient (Wildman–Crippen LogP) is 0.646. The summed E-state index contributed by atoms with van der Waals surface area (Å²) in [4.78, 5) is 15.5. The Balaban J connectivity index is 1.72. The smallest absolute Gasteiger partial charge is 0.348 e. The quantitative estimate of drug-likeness (QED) is 0.849. The summed E-state index contributed by atoms with van der Waals surface area (Å²) in [5.41, 5.74) is 0.530. The minimum absolute atomic E-state index is 0.233. The molecule has 0 atom stereocenters. The maximum Gasteiger partial charge on any atom is 0.348 e. The van der Waals surface area contributed by atoms with E-state index in [1.807, 2.05) is 0 Å². The van der Waals surface area contributed by atoms with Gasteiger partial charge >= 0.3 is 5.69 Å². The summed E-state index contributed by atoms with van der Waals surface area (Å²) >= 11 is 0. The van der Waals surface area contributed by atoms with Crippen molar-refractivity contribution in [2.24, 2.45) is 5.41 Å². The number of nitrogens with zero attached hydrogens (tertiary/aromatic N) is 3. The van der Waals surface area contributed by atoms with E-state index < -0.39 is 0 Å². The monoisotopic (exact) mass is 263 g/mol. The van der Waals surface area contributed by atoms with Gasteiger partial charge in [0.25, 0.3) is 0 Å². The lowest BCUT2D eigenvalue weighted by Crippen LogP contribution is -2.33. The highest BCUT2D eigenvalue weighted by molar-refractivity contribution is 5.48. The first-order valence-electron chi connectivity index (χ1n) is 6.41. The molecule has 1 aliphatic rings. The second-order valence-electron chi connectivity index (χ2n) is 5.31. The molecule has 19 heavy (non-hydrogen) atoms. The third kappa shape index (κ3) is 2.46. The maximum absolute atomic E-state index is 11.3. The Hall–Kier alpha value is -1.89. The SMILES string of the molecule is CC1(CNc2cc3n[nH]c(=O)n3cn2)CCOCC1. The zero-order valence-corrected chi connectivity index (χ0v) is 10.8. The molecule has 1 saturated heterocycles. The van der Waals surface area contributed by atoms with Crippen molar-refractivity contribution in [3.05, 3.63) is 22.9 Å². The summed E-state index contributed by atoms with van der Waals surface area (Å²) in [6, 6.07) is 1.76. The Morgan fingerprint density at radius 3 is 3.11 bits per heavy atom. The lowest BCUT2D eigenvalue weighted by atomic mass is 9.82. The van der Waals surface area contributed by atoms with Gasteiger partial charge in [-0.1, -0.05) is 6.92 Å². The molecule has 0 aromatic carbocycles. The van der Waals surface area contributed by atoms with Crippen LogP contribution in [0.2, 0.25) is 0 Å². The maximum atomic E-state index is 11.3. The summed E-state index contributed by atoms with van der Waals surface area (Å²) in [5, 5.41) is 9.63. The fraction of sp³-hybridized carbons (Fsp3) is 0.583. The molecule has 3 rings (SSSR count). The van der Waals surface area contributed by atoms with E-state index in [9.17, 15) is 4.79 Å². The van der Waals surface area contributed by atoms with E-state index in [0.717, 1.165) is 38.4 Å². The number of rotatable bonds is 3. The molecule has 1 fully saturated rings. The standard InChI is InChI=1S/C12H17N5O2/c1-12(2-4-19-5-3-12)7-13-9-6-10-15-16-11(18)17(10)8-14-9/h6,8,13H,2-5,7H2,1H3,(H,16,18).